The van der Waals surface area contributed by atoms with E-state index in [-0.39, 0.29) is 17.7 Å². The molecule has 0 spiro atoms. The van der Waals surface area contributed by atoms with Crippen molar-refractivity contribution in [1.82, 2.24) is 14.9 Å². The van der Waals surface area contributed by atoms with Gasteiger partial charge in [0.2, 0.25) is 5.95 Å². The van der Waals surface area contributed by atoms with E-state index in [0.717, 1.165) is 49.0 Å². The molecule has 1 atom stereocenters. The van der Waals surface area contributed by atoms with Crippen molar-refractivity contribution in [2.45, 2.75) is 45.6 Å². The Morgan fingerprint density at radius 2 is 2.10 bits per heavy atom. The molecule has 0 radical (unpaired) electrons. The molecule has 162 valence electrons. The van der Waals surface area contributed by atoms with E-state index in [0.29, 0.717) is 28.5 Å². The van der Waals surface area contributed by atoms with E-state index in [9.17, 15) is 9.59 Å². The number of ketones is 1. The highest BCUT2D eigenvalue weighted by molar-refractivity contribution is 6.35. The summed E-state index contributed by atoms with van der Waals surface area (Å²) >= 11 is 6.69. The lowest BCUT2D eigenvalue weighted by Crippen LogP contribution is -2.25. The van der Waals surface area contributed by atoms with Crippen LogP contribution < -0.4 is 10.6 Å². The average Bonchev–Trinajstić information content (AvgIpc) is 2.87. The van der Waals surface area contributed by atoms with E-state index in [1.807, 2.05) is 37.3 Å². The van der Waals surface area contributed by atoms with Gasteiger partial charge in [0.05, 0.1) is 16.1 Å². The van der Waals surface area contributed by atoms with Gasteiger partial charge in [-0.1, -0.05) is 35.7 Å². The van der Waals surface area contributed by atoms with E-state index in [2.05, 4.69) is 15.2 Å². The number of nitrogens with zero attached hydrogens (tertiary/aromatic N) is 2. The number of amides is 1. The van der Waals surface area contributed by atoms with Crippen LogP contribution in [-0.4, -0.2) is 34.3 Å². The number of aromatic nitrogens is 2. The van der Waals surface area contributed by atoms with Crippen LogP contribution in [0.25, 0.3) is 11.0 Å². The Kier molecular flexibility index (Phi) is 6.39. The maximum atomic E-state index is 13.0. The molecule has 0 saturated carbocycles. The van der Waals surface area contributed by atoms with Gasteiger partial charge in [0.1, 0.15) is 5.78 Å². The fraction of sp³-hybridized carbons (Fsp3) is 0.375. The predicted octanol–water partition coefficient (Wildman–Crippen LogP) is 4.70. The van der Waals surface area contributed by atoms with Crippen molar-refractivity contribution in [2.75, 3.05) is 18.4 Å². The summed E-state index contributed by atoms with van der Waals surface area (Å²) in [6.07, 6.45) is 3.48. The number of carbonyl (C=O) groups is 2. The molecule has 31 heavy (non-hydrogen) atoms. The van der Waals surface area contributed by atoms with Crippen molar-refractivity contribution >= 4 is 40.3 Å². The third-order valence-electron chi connectivity index (χ3n) is 5.64. The van der Waals surface area contributed by atoms with E-state index in [1.54, 1.807) is 13.0 Å². The summed E-state index contributed by atoms with van der Waals surface area (Å²) in [6, 6.07) is 11.3. The number of anilines is 1. The van der Waals surface area contributed by atoms with Crippen LogP contribution in [0.15, 0.2) is 36.4 Å². The average molecular weight is 439 g/mol. The monoisotopic (exact) mass is 438 g/mol. The zero-order chi connectivity index (χ0) is 22.0. The standard InChI is InChI=1S/C24H27ClN4O2/c1-15-6-5-7-18(10-15)23(31)28-24-27-21-13-17(11-16(2)30)12-20(25)22(21)29(24)19-8-3-4-9-26-14-19/h5-7,10,12-13,19,26H,3-4,8-9,11,14H2,1-2H3,(H,27,28,31). The van der Waals surface area contributed by atoms with E-state index >= 15 is 0 Å². The number of nitrogens with one attached hydrogen (secondary N) is 2. The fourth-order valence-electron chi connectivity index (χ4n) is 4.25. The topological polar surface area (TPSA) is 76.0 Å². The normalized spacial score (nSPS) is 16.8. The molecule has 1 aliphatic heterocycles. The van der Waals surface area contributed by atoms with Gasteiger partial charge in [-0.25, -0.2) is 4.98 Å². The van der Waals surface area contributed by atoms with Crippen LogP contribution in [0.4, 0.5) is 5.95 Å². The first-order valence-corrected chi connectivity index (χ1v) is 11.1. The molecular formula is C24H27ClN4O2. The molecule has 1 aromatic heterocycles. The first kappa shape index (κ1) is 21.5. The molecule has 0 bridgehead atoms. The number of imidazole rings is 1. The Morgan fingerprint density at radius 3 is 2.87 bits per heavy atom. The van der Waals surface area contributed by atoms with Gasteiger partial charge < -0.3 is 9.88 Å². The second kappa shape index (κ2) is 9.20. The van der Waals surface area contributed by atoms with Crippen LogP contribution >= 0.6 is 11.6 Å². The summed E-state index contributed by atoms with van der Waals surface area (Å²) in [6.45, 7) is 5.27. The van der Waals surface area contributed by atoms with Crippen LogP contribution in [0.5, 0.6) is 0 Å². The maximum Gasteiger partial charge on any atom is 0.257 e. The van der Waals surface area contributed by atoms with E-state index in [4.69, 9.17) is 16.6 Å². The second-order valence-electron chi connectivity index (χ2n) is 8.31. The summed E-state index contributed by atoms with van der Waals surface area (Å²) in [5, 5.41) is 7.03. The number of aryl methyl sites for hydroxylation is 1. The quantitative estimate of drug-likeness (QED) is 0.605. The lowest BCUT2D eigenvalue weighted by molar-refractivity contribution is -0.116. The maximum absolute atomic E-state index is 13.0. The lowest BCUT2D eigenvalue weighted by Gasteiger charge is -2.21. The van der Waals surface area contributed by atoms with Gasteiger partial charge >= 0.3 is 0 Å². The van der Waals surface area contributed by atoms with Gasteiger partial charge in [-0.2, -0.15) is 0 Å². The van der Waals surface area contributed by atoms with Crippen molar-refractivity contribution in [3.63, 3.8) is 0 Å². The molecule has 1 unspecified atom stereocenters. The minimum absolute atomic E-state index is 0.0655. The highest BCUT2D eigenvalue weighted by atomic mass is 35.5. The van der Waals surface area contributed by atoms with Crippen molar-refractivity contribution in [2.24, 2.45) is 0 Å². The van der Waals surface area contributed by atoms with Crippen LogP contribution in [0.3, 0.4) is 0 Å². The zero-order valence-corrected chi connectivity index (χ0v) is 18.6. The number of hydrogen-bond donors (Lipinski definition) is 2. The smallest absolute Gasteiger partial charge is 0.257 e. The van der Waals surface area contributed by atoms with Crippen LogP contribution in [0.2, 0.25) is 5.02 Å². The second-order valence-corrected chi connectivity index (χ2v) is 8.71. The summed E-state index contributed by atoms with van der Waals surface area (Å²) in [4.78, 5) is 29.3. The van der Waals surface area contributed by atoms with Gasteiger partial charge in [-0.3, -0.25) is 14.9 Å². The van der Waals surface area contributed by atoms with Gasteiger partial charge in [0.25, 0.3) is 5.91 Å². The fourth-order valence-corrected chi connectivity index (χ4v) is 4.58. The molecule has 6 nitrogen and oxygen atoms in total. The Hall–Kier alpha value is -2.70. The predicted molar refractivity (Wildman–Crippen MR) is 124 cm³/mol. The Labute approximate surface area is 187 Å². The molecule has 1 fully saturated rings. The Balaban J connectivity index is 1.79. The largest absolute Gasteiger partial charge is 0.315 e. The Bertz CT molecular complexity index is 1130. The van der Waals surface area contributed by atoms with E-state index in [1.165, 1.54) is 0 Å². The summed E-state index contributed by atoms with van der Waals surface area (Å²) in [5.41, 5.74) is 3.91. The Morgan fingerprint density at radius 1 is 1.26 bits per heavy atom. The third-order valence-corrected chi connectivity index (χ3v) is 5.93. The number of hydrogen-bond acceptors (Lipinski definition) is 4. The van der Waals surface area contributed by atoms with Crippen molar-refractivity contribution in [1.29, 1.82) is 0 Å². The van der Waals surface area contributed by atoms with Gasteiger partial charge in [-0.15, -0.1) is 0 Å². The van der Waals surface area contributed by atoms with Crippen molar-refractivity contribution in [3.8, 4) is 0 Å². The molecule has 1 amide bonds. The number of Topliss-reactive ketones (excluding diaryl/α,β-unsaturated/α-hetero) is 1. The van der Waals surface area contributed by atoms with E-state index < -0.39 is 0 Å². The molecule has 0 aliphatic carbocycles. The number of fused-ring (bicyclic) bond motifs is 1. The third kappa shape index (κ3) is 4.81. The minimum atomic E-state index is -0.207. The van der Waals surface area contributed by atoms with Crippen molar-refractivity contribution in [3.05, 3.63) is 58.1 Å². The number of benzene rings is 2. The summed E-state index contributed by atoms with van der Waals surface area (Å²) in [7, 11) is 0. The van der Waals surface area contributed by atoms with Crippen molar-refractivity contribution < 1.29 is 9.59 Å². The minimum Gasteiger partial charge on any atom is -0.315 e. The number of rotatable bonds is 5. The molecular weight excluding hydrogens is 412 g/mol. The molecule has 1 saturated heterocycles. The van der Waals surface area contributed by atoms with Crippen LogP contribution in [0.1, 0.15) is 53.7 Å². The highest BCUT2D eigenvalue weighted by Crippen LogP contribution is 2.34. The molecule has 2 N–H and O–H groups in total. The van der Waals surface area contributed by atoms with Gasteiger partial charge in [0.15, 0.2) is 0 Å². The number of carbonyl (C=O) groups excluding carboxylic acids is 2. The molecule has 7 heteroatoms. The first-order valence-electron chi connectivity index (χ1n) is 10.7. The number of halogens is 1. The summed E-state index contributed by atoms with van der Waals surface area (Å²) < 4.78 is 2.06. The molecule has 3 aromatic rings. The zero-order valence-electron chi connectivity index (χ0n) is 17.9. The first-order chi connectivity index (χ1) is 14.9. The molecule has 2 aromatic carbocycles. The van der Waals surface area contributed by atoms with Gasteiger partial charge in [0, 0.05) is 24.6 Å². The van der Waals surface area contributed by atoms with Crippen LogP contribution in [-0.2, 0) is 11.2 Å². The lowest BCUT2D eigenvalue weighted by atomic mass is 10.1. The highest BCUT2D eigenvalue weighted by Gasteiger charge is 2.24. The summed E-state index contributed by atoms with van der Waals surface area (Å²) in [5.74, 6) is 0.342. The molecule has 1 aliphatic rings. The van der Waals surface area contributed by atoms with Gasteiger partial charge in [-0.05, 0) is 63.1 Å². The SMILES string of the molecule is CC(=O)Cc1cc(Cl)c2c(c1)nc(NC(=O)c1cccc(C)c1)n2C1CCCCNC1. The van der Waals surface area contributed by atoms with Crippen LogP contribution in [0, 0.1) is 6.92 Å². The molecule has 4 rings (SSSR count). The molecule has 2 heterocycles.